The number of amides is 1. The van der Waals surface area contributed by atoms with Gasteiger partial charge in [0.15, 0.2) is 0 Å². The number of carbonyl (C=O) groups excluding carboxylic acids is 1. The van der Waals surface area contributed by atoms with E-state index in [4.69, 9.17) is 0 Å². The number of rotatable bonds is 6. The van der Waals surface area contributed by atoms with Gasteiger partial charge in [-0.2, -0.15) is 0 Å². The molecule has 0 unspecified atom stereocenters. The van der Waals surface area contributed by atoms with E-state index in [1.807, 2.05) is 13.8 Å². The molecule has 1 rings (SSSR count). The molecule has 0 spiro atoms. The minimum atomic E-state index is -0.209. The van der Waals surface area contributed by atoms with E-state index in [9.17, 15) is 9.90 Å². The molecule has 0 aliphatic rings. The van der Waals surface area contributed by atoms with Crippen LogP contribution in [0, 0.1) is 5.41 Å². The van der Waals surface area contributed by atoms with Crippen molar-refractivity contribution in [1.29, 1.82) is 0 Å². The van der Waals surface area contributed by atoms with Crippen LogP contribution in [0.4, 0.5) is 0 Å². The first-order chi connectivity index (χ1) is 8.06. The van der Waals surface area contributed by atoms with Crippen LogP contribution >= 0.6 is 15.9 Å². The average Bonchev–Trinajstić information content (AvgIpc) is 2.78. The van der Waals surface area contributed by atoms with Crippen LogP contribution in [-0.4, -0.2) is 29.1 Å². The second-order valence-electron chi connectivity index (χ2n) is 4.28. The van der Waals surface area contributed by atoms with E-state index in [1.54, 1.807) is 12.3 Å². The zero-order chi connectivity index (χ0) is 12.9. The van der Waals surface area contributed by atoms with Crippen molar-refractivity contribution in [3.63, 3.8) is 0 Å². The van der Waals surface area contributed by atoms with E-state index in [2.05, 4.69) is 26.2 Å². The Labute approximate surface area is 110 Å². The van der Waals surface area contributed by atoms with Gasteiger partial charge in [0.1, 0.15) is 5.69 Å². The summed E-state index contributed by atoms with van der Waals surface area (Å²) in [7, 11) is 0. The molecule has 1 aromatic rings. The van der Waals surface area contributed by atoms with E-state index in [1.165, 1.54) is 0 Å². The van der Waals surface area contributed by atoms with Gasteiger partial charge in [0.2, 0.25) is 0 Å². The summed E-state index contributed by atoms with van der Waals surface area (Å²) in [5, 5.41) is 12.3. The predicted octanol–water partition coefficient (Wildman–Crippen LogP) is 2.31. The third-order valence-electron chi connectivity index (χ3n) is 3.35. The van der Waals surface area contributed by atoms with Gasteiger partial charge in [-0.05, 0) is 34.8 Å². The normalized spacial score (nSPS) is 11.5. The lowest BCUT2D eigenvalue weighted by molar-refractivity contribution is 0.0847. The third-order valence-corrected chi connectivity index (χ3v) is 3.81. The summed E-state index contributed by atoms with van der Waals surface area (Å²) in [6.45, 7) is 4.63. The number of aliphatic hydroxyl groups excluding tert-OH is 1. The second kappa shape index (κ2) is 6.21. The Morgan fingerprint density at radius 1 is 1.53 bits per heavy atom. The van der Waals surface area contributed by atoms with E-state index in [0.717, 1.165) is 17.3 Å². The summed E-state index contributed by atoms with van der Waals surface area (Å²) >= 11 is 3.28. The van der Waals surface area contributed by atoms with Gasteiger partial charge in [0.25, 0.3) is 5.91 Å². The molecule has 5 heteroatoms. The highest BCUT2D eigenvalue weighted by molar-refractivity contribution is 9.10. The molecule has 17 heavy (non-hydrogen) atoms. The number of carbonyl (C=O) groups is 1. The Morgan fingerprint density at radius 3 is 2.59 bits per heavy atom. The van der Waals surface area contributed by atoms with Gasteiger partial charge in [-0.25, -0.2) is 0 Å². The molecule has 0 saturated heterocycles. The van der Waals surface area contributed by atoms with Crippen LogP contribution in [0.2, 0.25) is 0 Å². The molecule has 0 bridgehead atoms. The van der Waals surface area contributed by atoms with Crippen molar-refractivity contribution in [3.05, 3.63) is 22.4 Å². The highest BCUT2D eigenvalue weighted by Crippen LogP contribution is 2.24. The summed E-state index contributed by atoms with van der Waals surface area (Å²) in [4.78, 5) is 14.7. The summed E-state index contributed by atoms with van der Waals surface area (Å²) in [5.74, 6) is -0.143. The van der Waals surface area contributed by atoms with Crippen molar-refractivity contribution < 1.29 is 9.90 Å². The van der Waals surface area contributed by atoms with Gasteiger partial charge < -0.3 is 15.4 Å². The molecule has 0 aliphatic heterocycles. The zero-order valence-corrected chi connectivity index (χ0v) is 11.8. The summed E-state index contributed by atoms with van der Waals surface area (Å²) < 4.78 is 0.849. The number of aromatic nitrogens is 1. The lowest BCUT2D eigenvalue weighted by Crippen LogP contribution is -2.39. The highest BCUT2D eigenvalue weighted by atomic mass is 79.9. The third kappa shape index (κ3) is 3.57. The maximum absolute atomic E-state index is 11.8. The summed E-state index contributed by atoms with van der Waals surface area (Å²) in [6.07, 6.45) is 3.40. The number of aliphatic hydroxyl groups is 1. The van der Waals surface area contributed by atoms with Crippen LogP contribution < -0.4 is 5.32 Å². The van der Waals surface area contributed by atoms with Gasteiger partial charge in [-0.1, -0.05) is 13.8 Å². The molecule has 3 N–H and O–H groups in total. The van der Waals surface area contributed by atoms with Crippen LogP contribution in [0.5, 0.6) is 0 Å². The van der Waals surface area contributed by atoms with E-state index in [-0.39, 0.29) is 17.9 Å². The number of hydrogen-bond acceptors (Lipinski definition) is 2. The van der Waals surface area contributed by atoms with Crippen molar-refractivity contribution in [2.45, 2.75) is 26.7 Å². The fourth-order valence-electron chi connectivity index (χ4n) is 1.64. The zero-order valence-electron chi connectivity index (χ0n) is 10.2. The largest absolute Gasteiger partial charge is 0.396 e. The SMILES string of the molecule is CCC(CC)(CO)CNC(=O)c1cc(Br)c[nH]1. The van der Waals surface area contributed by atoms with Crippen LogP contribution in [-0.2, 0) is 0 Å². The maximum Gasteiger partial charge on any atom is 0.267 e. The molecule has 1 heterocycles. The maximum atomic E-state index is 11.8. The van der Waals surface area contributed by atoms with Gasteiger partial charge in [-0.15, -0.1) is 0 Å². The minimum absolute atomic E-state index is 0.0920. The molecule has 96 valence electrons. The Kier molecular flexibility index (Phi) is 5.21. The molecule has 0 aliphatic carbocycles. The predicted molar refractivity (Wildman–Crippen MR) is 70.9 cm³/mol. The van der Waals surface area contributed by atoms with Crippen LogP contribution in [0.3, 0.4) is 0 Å². The molecule has 1 amide bonds. The van der Waals surface area contributed by atoms with Gasteiger partial charge >= 0.3 is 0 Å². The van der Waals surface area contributed by atoms with E-state index < -0.39 is 0 Å². The fourth-order valence-corrected chi connectivity index (χ4v) is 1.98. The lowest BCUT2D eigenvalue weighted by Gasteiger charge is -2.29. The smallest absolute Gasteiger partial charge is 0.267 e. The Bertz CT molecular complexity index is 364. The standard InChI is InChI=1S/C12H19BrN2O2/c1-3-12(4-2,8-16)7-15-11(17)10-5-9(13)6-14-10/h5-6,14,16H,3-4,7-8H2,1-2H3,(H,15,17). The topological polar surface area (TPSA) is 65.1 Å². The number of aromatic amines is 1. The molecular weight excluding hydrogens is 284 g/mol. The average molecular weight is 303 g/mol. The molecular formula is C12H19BrN2O2. The van der Waals surface area contributed by atoms with Crippen molar-refractivity contribution in [1.82, 2.24) is 10.3 Å². The Morgan fingerprint density at radius 2 is 2.18 bits per heavy atom. The fraction of sp³-hybridized carbons (Fsp3) is 0.583. The first-order valence-electron chi connectivity index (χ1n) is 5.80. The van der Waals surface area contributed by atoms with Crippen LogP contribution in [0.15, 0.2) is 16.7 Å². The first kappa shape index (κ1) is 14.3. The molecule has 0 saturated carbocycles. The Balaban J connectivity index is 2.58. The van der Waals surface area contributed by atoms with Crippen LogP contribution in [0.25, 0.3) is 0 Å². The Hall–Kier alpha value is -0.810. The van der Waals surface area contributed by atoms with Crippen molar-refractivity contribution in [2.75, 3.05) is 13.2 Å². The highest BCUT2D eigenvalue weighted by Gasteiger charge is 2.26. The van der Waals surface area contributed by atoms with Crippen LogP contribution in [0.1, 0.15) is 37.2 Å². The minimum Gasteiger partial charge on any atom is -0.396 e. The summed E-state index contributed by atoms with van der Waals surface area (Å²) in [5.41, 5.74) is 0.315. The van der Waals surface area contributed by atoms with Gasteiger partial charge in [-0.3, -0.25) is 4.79 Å². The van der Waals surface area contributed by atoms with E-state index >= 15 is 0 Å². The van der Waals surface area contributed by atoms with Gasteiger partial charge in [0, 0.05) is 22.6 Å². The number of nitrogens with one attached hydrogen (secondary N) is 2. The monoisotopic (exact) mass is 302 g/mol. The van der Waals surface area contributed by atoms with Crippen molar-refractivity contribution in [2.24, 2.45) is 5.41 Å². The second-order valence-corrected chi connectivity index (χ2v) is 5.20. The summed E-state index contributed by atoms with van der Waals surface area (Å²) in [6, 6.07) is 1.73. The van der Waals surface area contributed by atoms with Crippen molar-refractivity contribution in [3.8, 4) is 0 Å². The molecule has 1 aromatic heterocycles. The first-order valence-corrected chi connectivity index (χ1v) is 6.59. The lowest BCUT2D eigenvalue weighted by atomic mass is 9.83. The molecule has 0 fully saturated rings. The van der Waals surface area contributed by atoms with E-state index in [0.29, 0.717) is 12.2 Å². The molecule has 0 aromatic carbocycles. The van der Waals surface area contributed by atoms with Gasteiger partial charge in [0.05, 0.1) is 6.61 Å². The molecule has 4 nitrogen and oxygen atoms in total. The van der Waals surface area contributed by atoms with Crippen molar-refractivity contribution >= 4 is 21.8 Å². The number of hydrogen-bond donors (Lipinski definition) is 3. The molecule has 0 radical (unpaired) electrons. The quantitative estimate of drug-likeness (QED) is 0.755. The molecule has 0 atom stereocenters. The number of H-pyrrole nitrogens is 1. The number of halogens is 1.